The predicted molar refractivity (Wildman–Crippen MR) is 101 cm³/mol. The van der Waals surface area contributed by atoms with Crippen LogP contribution in [-0.4, -0.2) is 27.1 Å². The first-order valence-corrected chi connectivity index (χ1v) is 9.39. The monoisotopic (exact) mass is 403 g/mol. The van der Waals surface area contributed by atoms with Gasteiger partial charge in [-0.3, -0.25) is 4.79 Å². The number of carbonyl (C=O) groups is 1. The number of rotatable bonds is 5. The average Bonchev–Trinajstić information content (AvgIpc) is 3.22. The molecule has 0 unspecified atom stereocenters. The number of hydrogen-bond acceptors (Lipinski definition) is 3. The van der Waals surface area contributed by atoms with Crippen molar-refractivity contribution in [3.8, 4) is 5.69 Å². The van der Waals surface area contributed by atoms with Gasteiger partial charge in [-0.05, 0) is 49.6 Å². The van der Waals surface area contributed by atoms with Crippen LogP contribution >= 0.6 is 27.3 Å². The topological polar surface area (TPSA) is 38.1 Å². The fourth-order valence-electron chi connectivity index (χ4n) is 2.55. The lowest BCUT2D eigenvalue weighted by Gasteiger charge is -2.20. The van der Waals surface area contributed by atoms with Crippen LogP contribution in [0.5, 0.6) is 0 Å². The lowest BCUT2D eigenvalue weighted by atomic mass is 10.2. The van der Waals surface area contributed by atoms with Crippen molar-refractivity contribution in [1.29, 1.82) is 0 Å². The maximum atomic E-state index is 12.9. The number of hydrogen-bond donors (Lipinski definition) is 0. The zero-order chi connectivity index (χ0) is 17.1. The summed E-state index contributed by atoms with van der Waals surface area (Å²) in [6.07, 6.45) is 1.66. The van der Waals surface area contributed by atoms with Gasteiger partial charge in [0.1, 0.15) is 0 Å². The van der Waals surface area contributed by atoms with Crippen LogP contribution in [0, 0.1) is 6.92 Å². The van der Waals surface area contributed by atoms with Crippen molar-refractivity contribution < 1.29 is 4.79 Å². The van der Waals surface area contributed by atoms with E-state index in [2.05, 4.69) is 27.1 Å². The molecule has 0 atom stereocenters. The van der Waals surface area contributed by atoms with Crippen LogP contribution < -0.4 is 0 Å². The quantitative estimate of drug-likeness (QED) is 0.620. The molecule has 0 radical (unpaired) electrons. The van der Waals surface area contributed by atoms with Gasteiger partial charge in [-0.1, -0.05) is 22.0 Å². The first kappa shape index (κ1) is 16.9. The Morgan fingerprint density at radius 2 is 2.04 bits per heavy atom. The molecular weight excluding hydrogens is 386 g/mol. The van der Waals surface area contributed by atoms with E-state index < -0.39 is 0 Å². The van der Waals surface area contributed by atoms with Crippen molar-refractivity contribution in [2.75, 3.05) is 6.54 Å². The second-order valence-electron chi connectivity index (χ2n) is 5.43. The number of aromatic nitrogens is 2. The van der Waals surface area contributed by atoms with E-state index in [0.29, 0.717) is 18.7 Å². The van der Waals surface area contributed by atoms with Crippen LogP contribution in [0.1, 0.15) is 27.9 Å². The zero-order valence-corrected chi connectivity index (χ0v) is 16.0. The molecule has 0 bridgehead atoms. The van der Waals surface area contributed by atoms with E-state index in [1.165, 1.54) is 4.88 Å². The molecule has 0 saturated heterocycles. The lowest BCUT2D eigenvalue weighted by Crippen LogP contribution is -2.30. The summed E-state index contributed by atoms with van der Waals surface area (Å²) in [5, 5.41) is 6.44. The van der Waals surface area contributed by atoms with Crippen LogP contribution in [0.2, 0.25) is 0 Å². The molecule has 1 amide bonds. The van der Waals surface area contributed by atoms with Crippen molar-refractivity contribution in [2.24, 2.45) is 0 Å². The van der Waals surface area contributed by atoms with Gasteiger partial charge in [-0.25, -0.2) is 4.68 Å². The summed E-state index contributed by atoms with van der Waals surface area (Å²) in [5.41, 5.74) is 2.44. The van der Waals surface area contributed by atoms with Crippen molar-refractivity contribution in [2.45, 2.75) is 20.4 Å². The summed E-state index contributed by atoms with van der Waals surface area (Å²) in [6.45, 7) is 5.23. The fourth-order valence-corrected chi connectivity index (χ4v) is 3.53. The standard InChI is InChI=1S/C18H18BrN3OS/c1-3-21(12-16-5-4-10-24-16)18(23)17-11-20-22(13(17)2)15-8-6-14(19)7-9-15/h4-11H,3,12H2,1-2H3. The highest BCUT2D eigenvalue weighted by Gasteiger charge is 2.20. The van der Waals surface area contributed by atoms with Gasteiger partial charge in [0.2, 0.25) is 0 Å². The molecular formula is C18H18BrN3OS. The molecule has 0 aliphatic heterocycles. The highest BCUT2D eigenvalue weighted by atomic mass is 79.9. The summed E-state index contributed by atoms with van der Waals surface area (Å²) in [4.78, 5) is 15.9. The maximum Gasteiger partial charge on any atom is 0.257 e. The van der Waals surface area contributed by atoms with Crippen molar-refractivity contribution >= 4 is 33.2 Å². The predicted octanol–water partition coefficient (Wildman–Crippen LogP) is 4.67. The minimum atomic E-state index is 0.0201. The molecule has 3 rings (SSSR count). The number of carbonyl (C=O) groups excluding carboxylic acids is 1. The summed E-state index contributed by atoms with van der Waals surface area (Å²) in [5.74, 6) is 0.0201. The second-order valence-corrected chi connectivity index (χ2v) is 7.38. The Kier molecular flexibility index (Phi) is 5.16. The normalized spacial score (nSPS) is 10.8. The number of amides is 1. The van der Waals surface area contributed by atoms with Gasteiger partial charge in [-0.2, -0.15) is 5.10 Å². The summed E-state index contributed by atoms with van der Waals surface area (Å²) >= 11 is 5.10. The Morgan fingerprint density at radius 3 is 2.67 bits per heavy atom. The summed E-state index contributed by atoms with van der Waals surface area (Å²) in [6, 6.07) is 11.9. The minimum absolute atomic E-state index is 0.0201. The van der Waals surface area contributed by atoms with E-state index in [1.54, 1.807) is 22.2 Å². The van der Waals surface area contributed by atoms with Crippen LogP contribution in [0.15, 0.2) is 52.4 Å². The highest BCUT2D eigenvalue weighted by Crippen LogP contribution is 2.20. The molecule has 1 aromatic carbocycles. The average molecular weight is 404 g/mol. The van der Waals surface area contributed by atoms with Gasteiger partial charge in [-0.15, -0.1) is 11.3 Å². The molecule has 0 fully saturated rings. The third kappa shape index (κ3) is 3.44. The minimum Gasteiger partial charge on any atom is -0.334 e. The Bertz CT molecular complexity index is 825. The van der Waals surface area contributed by atoms with Gasteiger partial charge in [0.25, 0.3) is 5.91 Å². The Morgan fingerprint density at radius 1 is 1.29 bits per heavy atom. The molecule has 0 aliphatic rings. The van der Waals surface area contributed by atoms with E-state index in [4.69, 9.17) is 0 Å². The molecule has 4 nitrogen and oxygen atoms in total. The molecule has 6 heteroatoms. The van der Waals surface area contributed by atoms with Gasteiger partial charge in [0, 0.05) is 15.9 Å². The van der Waals surface area contributed by atoms with Crippen LogP contribution in [0.25, 0.3) is 5.69 Å². The molecule has 24 heavy (non-hydrogen) atoms. The Labute approximate surface area is 153 Å². The molecule has 0 spiro atoms. The van der Waals surface area contributed by atoms with E-state index in [9.17, 15) is 4.79 Å². The largest absolute Gasteiger partial charge is 0.334 e. The van der Waals surface area contributed by atoms with E-state index in [-0.39, 0.29) is 5.91 Å². The van der Waals surface area contributed by atoms with Gasteiger partial charge < -0.3 is 4.90 Å². The first-order valence-electron chi connectivity index (χ1n) is 7.72. The fraction of sp³-hybridized carbons (Fsp3) is 0.222. The van der Waals surface area contributed by atoms with E-state index >= 15 is 0 Å². The van der Waals surface area contributed by atoms with Gasteiger partial charge in [0.05, 0.1) is 29.7 Å². The lowest BCUT2D eigenvalue weighted by molar-refractivity contribution is 0.0753. The van der Waals surface area contributed by atoms with Crippen molar-refractivity contribution in [3.05, 3.63) is 68.6 Å². The third-order valence-electron chi connectivity index (χ3n) is 3.91. The number of nitrogens with zero attached hydrogens (tertiary/aromatic N) is 3. The van der Waals surface area contributed by atoms with Gasteiger partial charge >= 0.3 is 0 Å². The smallest absolute Gasteiger partial charge is 0.257 e. The number of thiophene rings is 1. The van der Waals surface area contributed by atoms with Crippen LogP contribution in [0.3, 0.4) is 0 Å². The molecule has 0 aliphatic carbocycles. The highest BCUT2D eigenvalue weighted by molar-refractivity contribution is 9.10. The van der Waals surface area contributed by atoms with Crippen LogP contribution in [0.4, 0.5) is 0 Å². The summed E-state index contributed by atoms with van der Waals surface area (Å²) < 4.78 is 2.82. The first-order chi connectivity index (χ1) is 11.6. The molecule has 2 heterocycles. The van der Waals surface area contributed by atoms with E-state index in [0.717, 1.165) is 15.9 Å². The van der Waals surface area contributed by atoms with Crippen molar-refractivity contribution in [3.63, 3.8) is 0 Å². The molecule has 2 aromatic heterocycles. The maximum absolute atomic E-state index is 12.9. The Hall–Kier alpha value is -1.92. The van der Waals surface area contributed by atoms with Crippen molar-refractivity contribution in [1.82, 2.24) is 14.7 Å². The summed E-state index contributed by atoms with van der Waals surface area (Å²) in [7, 11) is 0. The number of benzene rings is 1. The SMILES string of the molecule is CCN(Cc1cccs1)C(=O)c1cnn(-c2ccc(Br)cc2)c1C. The third-order valence-corrected chi connectivity index (χ3v) is 5.30. The van der Waals surface area contributed by atoms with E-state index in [1.807, 2.05) is 54.5 Å². The Balaban J connectivity index is 1.86. The second kappa shape index (κ2) is 7.32. The van der Waals surface area contributed by atoms with Crippen LogP contribution in [-0.2, 0) is 6.54 Å². The molecule has 124 valence electrons. The van der Waals surface area contributed by atoms with Gasteiger partial charge in [0.15, 0.2) is 0 Å². The zero-order valence-electron chi connectivity index (χ0n) is 13.6. The number of halogens is 1. The molecule has 0 saturated carbocycles. The molecule has 3 aromatic rings. The molecule has 0 N–H and O–H groups in total.